The number of piperazine rings is 1. The molecule has 4 rings (SSSR count). The van der Waals surface area contributed by atoms with Crippen molar-refractivity contribution < 1.29 is 27.5 Å². The van der Waals surface area contributed by atoms with Gasteiger partial charge in [0, 0.05) is 42.7 Å². The molecule has 2 aromatic carbocycles. The van der Waals surface area contributed by atoms with Gasteiger partial charge in [0.1, 0.15) is 5.58 Å². The van der Waals surface area contributed by atoms with Gasteiger partial charge in [-0.1, -0.05) is 11.6 Å². The summed E-state index contributed by atoms with van der Waals surface area (Å²) in [5.41, 5.74) is 1.33. The zero-order valence-electron chi connectivity index (χ0n) is 15.4. The molecule has 30 heavy (non-hydrogen) atoms. The van der Waals surface area contributed by atoms with E-state index in [4.69, 9.17) is 21.1 Å². The molecule has 158 valence electrons. The Hall–Kier alpha value is -2.27. The molecule has 0 unspecified atom stereocenters. The fraction of sp³-hybridized carbons (Fsp3) is 0.211. The number of furan rings is 1. The van der Waals surface area contributed by atoms with Crippen molar-refractivity contribution in [3.8, 4) is 5.95 Å². The summed E-state index contributed by atoms with van der Waals surface area (Å²) in [5.74, 6) is -0.116. The maximum Gasteiger partial charge on any atom is 0.513 e. The molecule has 1 saturated heterocycles. The van der Waals surface area contributed by atoms with Crippen LogP contribution < -0.4 is 9.64 Å². The van der Waals surface area contributed by atoms with Gasteiger partial charge in [0.15, 0.2) is 0 Å². The van der Waals surface area contributed by atoms with Crippen LogP contribution in [-0.4, -0.2) is 50.2 Å². The van der Waals surface area contributed by atoms with Crippen LogP contribution in [0.3, 0.4) is 0 Å². The number of hydrogen-bond donors (Lipinski definition) is 1. The van der Waals surface area contributed by atoms with Crippen molar-refractivity contribution in [2.24, 2.45) is 0 Å². The van der Waals surface area contributed by atoms with Gasteiger partial charge in [-0.2, -0.15) is 4.31 Å². The molecule has 1 N–H and O–H groups in total. The first-order chi connectivity index (χ1) is 14.3. The molecule has 0 atom stereocenters. The third kappa shape index (κ3) is 4.00. The molecule has 0 aliphatic carbocycles. The van der Waals surface area contributed by atoms with Crippen molar-refractivity contribution in [3.05, 3.63) is 52.0 Å². The minimum atomic E-state index is -3.59. The number of hydrogen-bond acceptors (Lipinski definition) is 6. The summed E-state index contributed by atoms with van der Waals surface area (Å²) in [6.45, 7) is 1.64. The van der Waals surface area contributed by atoms with Gasteiger partial charge in [0.05, 0.1) is 15.1 Å². The standard InChI is InChI=1S/C19H16BrClN2O6S/c20-18-14-11-17(29-19(24)25)28-16(14)6-5-15(18)22-7-9-23(10-8-22)30(26,27)13-3-1-12(21)2-4-13/h1-6,11H,7-10H2,(H,24,25). The van der Waals surface area contributed by atoms with Crippen molar-refractivity contribution in [1.29, 1.82) is 0 Å². The lowest BCUT2D eigenvalue weighted by molar-refractivity contribution is 0.134. The number of sulfonamides is 1. The summed E-state index contributed by atoms with van der Waals surface area (Å²) < 4.78 is 37.8. The summed E-state index contributed by atoms with van der Waals surface area (Å²) >= 11 is 9.40. The maximum atomic E-state index is 12.9. The van der Waals surface area contributed by atoms with E-state index in [0.717, 1.165) is 10.2 Å². The monoisotopic (exact) mass is 514 g/mol. The summed E-state index contributed by atoms with van der Waals surface area (Å²) in [5, 5.41) is 9.89. The second kappa shape index (κ2) is 8.10. The summed E-state index contributed by atoms with van der Waals surface area (Å²) in [4.78, 5) is 13.0. The zero-order valence-corrected chi connectivity index (χ0v) is 18.6. The maximum absolute atomic E-state index is 12.9. The average molecular weight is 516 g/mol. The van der Waals surface area contributed by atoms with Crippen molar-refractivity contribution in [3.63, 3.8) is 0 Å². The molecule has 1 aliphatic rings. The predicted octanol–water partition coefficient (Wildman–Crippen LogP) is 4.42. The highest BCUT2D eigenvalue weighted by Crippen LogP contribution is 2.38. The molecule has 0 bridgehead atoms. The second-order valence-electron chi connectivity index (χ2n) is 6.59. The van der Waals surface area contributed by atoms with E-state index in [9.17, 15) is 13.2 Å². The van der Waals surface area contributed by atoms with Gasteiger partial charge in [0.2, 0.25) is 10.0 Å². The van der Waals surface area contributed by atoms with Gasteiger partial charge in [0.25, 0.3) is 5.95 Å². The van der Waals surface area contributed by atoms with Crippen LogP contribution in [0, 0.1) is 0 Å². The summed E-state index contributed by atoms with van der Waals surface area (Å²) in [6, 6.07) is 11.2. The Balaban J connectivity index is 1.52. The molecule has 0 spiro atoms. The molecule has 11 heteroatoms. The number of benzene rings is 2. The number of anilines is 1. The Morgan fingerprint density at radius 1 is 1.10 bits per heavy atom. The fourth-order valence-electron chi connectivity index (χ4n) is 3.35. The van der Waals surface area contributed by atoms with E-state index in [2.05, 4.69) is 25.6 Å². The Labute approximate surface area is 185 Å². The topological polar surface area (TPSA) is 100 Å². The highest BCUT2D eigenvalue weighted by Gasteiger charge is 2.29. The van der Waals surface area contributed by atoms with Crippen LogP contribution in [0.15, 0.2) is 56.2 Å². The van der Waals surface area contributed by atoms with Gasteiger partial charge in [-0.25, -0.2) is 13.2 Å². The SMILES string of the molecule is O=C(O)Oc1cc2c(Br)c(N3CCN(S(=O)(=O)c4ccc(Cl)cc4)CC3)ccc2o1. The van der Waals surface area contributed by atoms with Gasteiger partial charge in [-0.05, 0) is 52.3 Å². The molecule has 1 fully saturated rings. The average Bonchev–Trinajstić information content (AvgIpc) is 3.11. The minimum absolute atomic E-state index is 0.116. The quantitative estimate of drug-likeness (QED) is 0.514. The van der Waals surface area contributed by atoms with E-state index in [1.165, 1.54) is 22.5 Å². The number of rotatable bonds is 4. The summed E-state index contributed by atoms with van der Waals surface area (Å²) in [6.07, 6.45) is -1.46. The largest absolute Gasteiger partial charge is 0.513 e. The molecule has 2 heterocycles. The Morgan fingerprint density at radius 3 is 2.40 bits per heavy atom. The number of nitrogens with zero attached hydrogens (tertiary/aromatic N) is 2. The van der Waals surface area contributed by atoms with Gasteiger partial charge in [-0.15, -0.1) is 0 Å². The number of ether oxygens (including phenoxy) is 1. The molecule has 0 amide bonds. The van der Waals surface area contributed by atoms with Crippen LogP contribution in [-0.2, 0) is 10.0 Å². The van der Waals surface area contributed by atoms with Gasteiger partial charge < -0.3 is 19.2 Å². The summed E-state index contributed by atoms with van der Waals surface area (Å²) in [7, 11) is -3.59. The van der Waals surface area contributed by atoms with Crippen LogP contribution in [0.5, 0.6) is 5.95 Å². The van der Waals surface area contributed by atoms with Crippen LogP contribution >= 0.6 is 27.5 Å². The fourth-order valence-corrected chi connectivity index (χ4v) is 5.59. The van der Waals surface area contributed by atoms with E-state index in [1.807, 2.05) is 6.07 Å². The molecule has 8 nitrogen and oxygen atoms in total. The molecular formula is C19H16BrClN2O6S. The zero-order chi connectivity index (χ0) is 21.5. The molecule has 3 aromatic rings. The van der Waals surface area contributed by atoms with Crippen molar-refractivity contribution in [2.75, 3.05) is 31.1 Å². The molecular weight excluding hydrogens is 500 g/mol. The normalized spacial score (nSPS) is 15.5. The Morgan fingerprint density at radius 2 is 1.77 bits per heavy atom. The number of carbonyl (C=O) groups is 1. The van der Waals surface area contributed by atoms with E-state index in [0.29, 0.717) is 42.2 Å². The molecule has 0 saturated carbocycles. The van der Waals surface area contributed by atoms with Gasteiger partial charge in [-0.3, -0.25) is 0 Å². The van der Waals surface area contributed by atoms with Crippen LogP contribution in [0.1, 0.15) is 0 Å². The van der Waals surface area contributed by atoms with Gasteiger partial charge >= 0.3 is 6.16 Å². The molecule has 1 aromatic heterocycles. The first-order valence-corrected chi connectivity index (χ1v) is 11.5. The van der Waals surface area contributed by atoms with E-state index < -0.39 is 16.2 Å². The lowest BCUT2D eigenvalue weighted by Gasteiger charge is -2.35. The Kier molecular flexibility index (Phi) is 5.67. The van der Waals surface area contributed by atoms with Crippen molar-refractivity contribution in [2.45, 2.75) is 4.90 Å². The highest BCUT2D eigenvalue weighted by molar-refractivity contribution is 9.10. The number of halogens is 2. The third-order valence-corrected chi connectivity index (χ3v) is 7.81. The van der Waals surface area contributed by atoms with Crippen molar-refractivity contribution in [1.82, 2.24) is 4.31 Å². The van der Waals surface area contributed by atoms with E-state index in [-0.39, 0.29) is 10.8 Å². The molecule has 0 radical (unpaired) electrons. The molecule has 1 aliphatic heterocycles. The highest BCUT2D eigenvalue weighted by atomic mass is 79.9. The van der Waals surface area contributed by atoms with Crippen LogP contribution in [0.4, 0.5) is 10.5 Å². The first kappa shape index (κ1) is 21.0. The predicted molar refractivity (Wildman–Crippen MR) is 115 cm³/mol. The minimum Gasteiger partial charge on any atom is -0.449 e. The third-order valence-electron chi connectivity index (χ3n) is 4.81. The van der Waals surface area contributed by atoms with Crippen molar-refractivity contribution >= 4 is 60.4 Å². The number of fused-ring (bicyclic) bond motifs is 1. The van der Waals surface area contributed by atoms with E-state index in [1.54, 1.807) is 18.2 Å². The smallest absolute Gasteiger partial charge is 0.449 e. The first-order valence-electron chi connectivity index (χ1n) is 8.89. The number of carboxylic acid groups (broad SMARTS) is 1. The Bertz CT molecular complexity index is 1200. The second-order valence-corrected chi connectivity index (χ2v) is 9.76. The van der Waals surface area contributed by atoms with Crippen LogP contribution in [0.2, 0.25) is 5.02 Å². The lowest BCUT2D eigenvalue weighted by atomic mass is 10.2. The van der Waals surface area contributed by atoms with E-state index >= 15 is 0 Å². The van der Waals surface area contributed by atoms with Crippen LogP contribution in [0.25, 0.3) is 11.0 Å². The lowest BCUT2D eigenvalue weighted by Crippen LogP contribution is -2.48.